The van der Waals surface area contributed by atoms with E-state index >= 15 is 0 Å². The van der Waals surface area contributed by atoms with Crippen molar-refractivity contribution in [3.05, 3.63) is 71.2 Å². The highest BCUT2D eigenvalue weighted by molar-refractivity contribution is 5.88. The van der Waals surface area contributed by atoms with Gasteiger partial charge in [-0.05, 0) is 35.9 Å². The summed E-state index contributed by atoms with van der Waals surface area (Å²) in [5.41, 5.74) is 8.99. The van der Waals surface area contributed by atoms with Gasteiger partial charge in [0.25, 0.3) is 0 Å². The zero-order chi connectivity index (χ0) is 19.0. The maximum atomic E-state index is 9.72. The molecule has 4 rings (SSSR count). The summed E-state index contributed by atoms with van der Waals surface area (Å²) in [5, 5.41) is 10.6. The molecule has 1 aliphatic rings. The maximum Gasteiger partial charge on any atom is 0.205 e. The van der Waals surface area contributed by atoms with Crippen LogP contribution in [-0.4, -0.2) is 19.2 Å². The number of pyridine rings is 1. The molecule has 0 saturated heterocycles. The quantitative estimate of drug-likeness (QED) is 0.770. The van der Waals surface area contributed by atoms with Crippen molar-refractivity contribution in [1.29, 1.82) is 5.26 Å². The van der Waals surface area contributed by atoms with Crippen molar-refractivity contribution in [3.8, 4) is 23.3 Å². The molecule has 2 heterocycles. The standard InChI is InChI=1S/C21H17N3O3/c1-25-17-8-5-12(10-18(17)26-2)19-14-6-7-16-13(4-3-9-24-16)20(14)27-21(23)15(19)11-22/h3-10,19H,23H2,1-2H3. The first-order valence-electron chi connectivity index (χ1n) is 8.35. The van der Waals surface area contributed by atoms with Gasteiger partial charge in [-0.25, -0.2) is 0 Å². The van der Waals surface area contributed by atoms with Gasteiger partial charge in [-0.2, -0.15) is 5.26 Å². The summed E-state index contributed by atoms with van der Waals surface area (Å²) in [7, 11) is 3.16. The number of methoxy groups -OCH3 is 2. The number of allylic oxidation sites excluding steroid dienone is 1. The van der Waals surface area contributed by atoms with Gasteiger partial charge in [-0.15, -0.1) is 0 Å². The van der Waals surface area contributed by atoms with Gasteiger partial charge >= 0.3 is 0 Å². The number of fused-ring (bicyclic) bond motifs is 3. The summed E-state index contributed by atoms with van der Waals surface area (Å²) in [6, 6.07) is 15.4. The lowest BCUT2D eigenvalue weighted by molar-refractivity contribution is 0.354. The number of aromatic nitrogens is 1. The van der Waals surface area contributed by atoms with E-state index in [1.54, 1.807) is 20.4 Å². The molecule has 27 heavy (non-hydrogen) atoms. The van der Waals surface area contributed by atoms with E-state index in [1.165, 1.54) is 0 Å². The van der Waals surface area contributed by atoms with Crippen LogP contribution in [0.2, 0.25) is 0 Å². The highest BCUT2D eigenvalue weighted by atomic mass is 16.5. The van der Waals surface area contributed by atoms with E-state index in [9.17, 15) is 5.26 Å². The Morgan fingerprint density at radius 2 is 1.93 bits per heavy atom. The minimum atomic E-state index is -0.372. The van der Waals surface area contributed by atoms with Crippen LogP contribution >= 0.6 is 0 Å². The van der Waals surface area contributed by atoms with E-state index in [-0.39, 0.29) is 11.8 Å². The Kier molecular flexibility index (Phi) is 4.05. The summed E-state index contributed by atoms with van der Waals surface area (Å²) in [4.78, 5) is 4.36. The van der Waals surface area contributed by atoms with Gasteiger partial charge in [0, 0.05) is 17.1 Å². The molecule has 1 unspecified atom stereocenters. The first-order chi connectivity index (χ1) is 13.2. The Hall–Kier alpha value is -3.72. The zero-order valence-electron chi connectivity index (χ0n) is 14.9. The van der Waals surface area contributed by atoms with Crippen LogP contribution in [-0.2, 0) is 0 Å². The second-order valence-corrected chi connectivity index (χ2v) is 6.09. The minimum Gasteiger partial charge on any atom is -0.493 e. The molecule has 2 N–H and O–H groups in total. The van der Waals surface area contributed by atoms with Crippen LogP contribution in [0.3, 0.4) is 0 Å². The van der Waals surface area contributed by atoms with Gasteiger partial charge in [-0.1, -0.05) is 12.1 Å². The summed E-state index contributed by atoms with van der Waals surface area (Å²) in [6.07, 6.45) is 1.73. The van der Waals surface area contributed by atoms with Crippen molar-refractivity contribution in [3.63, 3.8) is 0 Å². The predicted octanol–water partition coefficient (Wildman–Crippen LogP) is 3.47. The molecule has 6 heteroatoms. The van der Waals surface area contributed by atoms with Crippen molar-refractivity contribution in [1.82, 2.24) is 4.98 Å². The van der Waals surface area contributed by atoms with E-state index in [4.69, 9.17) is 19.9 Å². The van der Waals surface area contributed by atoms with E-state index in [1.807, 2.05) is 42.5 Å². The van der Waals surface area contributed by atoms with Gasteiger partial charge in [0.15, 0.2) is 11.5 Å². The summed E-state index contributed by atoms with van der Waals surface area (Å²) >= 11 is 0. The number of nitrogens with zero attached hydrogens (tertiary/aromatic N) is 2. The Balaban J connectivity index is 1.97. The van der Waals surface area contributed by atoms with Crippen molar-refractivity contribution in [2.75, 3.05) is 14.2 Å². The van der Waals surface area contributed by atoms with Crippen molar-refractivity contribution in [2.45, 2.75) is 5.92 Å². The van der Waals surface area contributed by atoms with Gasteiger partial charge < -0.3 is 19.9 Å². The second-order valence-electron chi connectivity index (χ2n) is 6.09. The lowest BCUT2D eigenvalue weighted by atomic mass is 9.82. The normalized spacial score (nSPS) is 15.7. The average Bonchev–Trinajstić information content (AvgIpc) is 2.72. The third-order valence-electron chi connectivity index (χ3n) is 4.70. The van der Waals surface area contributed by atoms with Crippen LogP contribution in [0.4, 0.5) is 0 Å². The highest BCUT2D eigenvalue weighted by Gasteiger charge is 2.32. The van der Waals surface area contributed by atoms with Crippen molar-refractivity contribution < 1.29 is 14.2 Å². The molecule has 1 aliphatic heterocycles. The molecule has 134 valence electrons. The fourth-order valence-electron chi connectivity index (χ4n) is 3.44. The molecule has 1 atom stereocenters. The van der Waals surface area contributed by atoms with Gasteiger partial charge in [0.05, 0.1) is 25.7 Å². The van der Waals surface area contributed by atoms with E-state index in [2.05, 4.69) is 11.1 Å². The number of hydrogen-bond donors (Lipinski definition) is 1. The third kappa shape index (κ3) is 2.61. The molecule has 0 bridgehead atoms. The van der Waals surface area contributed by atoms with Crippen LogP contribution in [0.1, 0.15) is 17.0 Å². The molecule has 0 spiro atoms. The van der Waals surface area contributed by atoms with Gasteiger partial charge in [0.2, 0.25) is 5.88 Å². The fraction of sp³-hybridized carbons (Fsp3) is 0.143. The smallest absolute Gasteiger partial charge is 0.205 e. The predicted molar refractivity (Wildman–Crippen MR) is 101 cm³/mol. The van der Waals surface area contributed by atoms with E-state index in [0.717, 1.165) is 22.0 Å². The molecular formula is C21H17N3O3. The van der Waals surface area contributed by atoms with Crippen molar-refractivity contribution >= 4 is 10.9 Å². The summed E-state index contributed by atoms with van der Waals surface area (Å²) in [5.74, 6) is 1.55. The first-order valence-corrected chi connectivity index (χ1v) is 8.35. The van der Waals surface area contributed by atoms with Gasteiger partial charge in [0.1, 0.15) is 17.4 Å². The number of hydrogen-bond acceptors (Lipinski definition) is 6. The zero-order valence-corrected chi connectivity index (χ0v) is 14.9. The molecule has 2 aromatic carbocycles. The highest BCUT2D eigenvalue weighted by Crippen LogP contribution is 2.46. The molecule has 3 aromatic rings. The monoisotopic (exact) mass is 359 g/mol. The molecule has 0 fully saturated rings. The Morgan fingerprint density at radius 3 is 2.67 bits per heavy atom. The molecular weight excluding hydrogens is 342 g/mol. The number of rotatable bonds is 3. The summed E-state index contributed by atoms with van der Waals surface area (Å²) < 4.78 is 16.6. The first kappa shape index (κ1) is 16.7. The number of nitriles is 1. The topological polar surface area (TPSA) is 90.4 Å². The van der Waals surface area contributed by atoms with Crippen LogP contribution in [0, 0.1) is 11.3 Å². The number of nitrogens with two attached hydrogens (primary N) is 1. The second kappa shape index (κ2) is 6.54. The fourth-order valence-corrected chi connectivity index (χ4v) is 3.44. The maximum absolute atomic E-state index is 9.72. The average molecular weight is 359 g/mol. The molecule has 0 amide bonds. The van der Waals surface area contributed by atoms with Gasteiger partial charge in [-0.3, -0.25) is 4.98 Å². The Labute approximate surface area is 156 Å². The third-order valence-corrected chi connectivity index (χ3v) is 4.70. The Morgan fingerprint density at radius 1 is 1.11 bits per heavy atom. The molecule has 1 aromatic heterocycles. The number of ether oxygens (including phenoxy) is 3. The van der Waals surface area contributed by atoms with Crippen molar-refractivity contribution in [2.24, 2.45) is 5.73 Å². The lowest BCUT2D eigenvalue weighted by Crippen LogP contribution is -2.21. The SMILES string of the molecule is COc1ccc(C2C(C#N)=C(N)Oc3c2ccc2ncccc32)cc1OC. The molecule has 6 nitrogen and oxygen atoms in total. The molecule has 0 aliphatic carbocycles. The largest absolute Gasteiger partial charge is 0.493 e. The number of benzene rings is 2. The molecule has 0 radical (unpaired) electrons. The molecule has 0 saturated carbocycles. The van der Waals surface area contributed by atoms with E-state index in [0.29, 0.717) is 22.8 Å². The lowest BCUT2D eigenvalue weighted by Gasteiger charge is -2.27. The van der Waals surface area contributed by atoms with Crippen LogP contribution in [0.15, 0.2) is 60.1 Å². The Bertz CT molecular complexity index is 1120. The van der Waals surface area contributed by atoms with Crippen LogP contribution < -0.4 is 19.9 Å². The minimum absolute atomic E-state index is 0.0983. The van der Waals surface area contributed by atoms with Crippen LogP contribution in [0.5, 0.6) is 17.2 Å². The van der Waals surface area contributed by atoms with Crippen LogP contribution in [0.25, 0.3) is 10.9 Å². The van der Waals surface area contributed by atoms with E-state index < -0.39 is 0 Å². The summed E-state index contributed by atoms with van der Waals surface area (Å²) in [6.45, 7) is 0.